The van der Waals surface area contributed by atoms with E-state index in [9.17, 15) is 0 Å². The van der Waals surface area contributed by atoms with Crippen LogP contribution >= 0.6 is 11.8 Å². The number of hydrogen-bond donors (Lipinski definition) is 1. The third-order valence-corrected chi connectivity index (χ3v) is 3.67. The molecule has 2 unspecified atom stereocenters. The third kappa shape index (κ3) is 8.89. The molecule has 0 fully saturated rings. The molecule has 0 aromatic heterocycles. The minimum atomic E-state index is 0.670. The van der Waals surface area contributed by atoms with E-state index in [0.29, 0.717) is 6.04 Å². The van der Waals surface area contributed by atoms with Crippen LogP contribution in [0, 0.1) is 5.92 Å². The van der Waals surface area contributed by atoms with Gasteiger partial charge in [-0.3, -0.25) is 0 Å². The van der Waals surface area contributed by atoms with Crippen molar-refractivity contribution in [2.45, 2.75) is 58.8 Å². The fraction of sp³-hybridized carbons (Fsp3) is 1.00. The van der Waals surface area contributed by atoms with Gasteiger partial charge in [0.25, 0.3) is 0 Å². The average Bonchev–Trinajstić information content (AvgIpc) is 2.13. The zero-order valence-electron chi connectivity index (χ0n) is 10.5. The van der Waals surface area contributed by atoms with Crippen LogP contribution in [-0.4, -0.2) is 23.6 Å². The first-order valence-electron chi connectivity index (χ1n) is 5.91. The zero-order valence-corrected chi connectivity index (χ0v) is 11.3. The summed E-state index contributed by atoms with van der Waals surface area (Å²) >= 11 is 2.09. The summed E-state index contributed by atoms with van der Waals surface area (Å²) in [7, 11) is 0. The summed E-state index contributed by atoms with van der Waals surface area (Å²) in [5, 5.41) is 4.30. The van der Waals surface area contributed by atoms with Gasteiger partial charge in [0.1, 0.15) is 0 Å². The highest BCUT2D eigenvalue weighted by molar-refractivity contribution is 7.99. The van der Waals surface area contributed by atoms with Gasteiger partial charge in [0.15, 0.2) is 0 Å². The van der Waals surface area contributed by atoms with Gasteiger partial charge in [-0.25, -0.2) is 0 Å². The fourth-order valence-corrected chi connectivity index (χ4v) is 2.30. The van der Waals surface area contributed by atoms with Crippen molar-refractivity contribution in [3.8, 4) is 0 Å². The standard InChI is InChI=1S/C12H27NS/c1-6-11(4)13-9-12(5)14-8-7-10(2)3/h10-13H,6-9H2,1-5H3. The molecule has 0 heterocycles. The predicted molar refractivity (Wildman–Crippen MR) is 69.1 cm³/mol. The number of hydrogen-bond acceptors (Lipinski definition) is 2. The van der Waals surface area contributed by atoms with E-state index in [1.54, 1.807) is 0 Å². The van der Waals surface area contributed by atoms with Crippen LogP contribution in [-0.2, 0) is 0 Å². The first-order chi connectivity index (χ1) is 6.56. The number of nitrogens with one attached hydrogen (secondary N) is 1. The smallest absolute Gasteiger partial charge is 0.0144 e. The second-order valence-electron chi connectivity index (χ2n) is 4.58. The van der Waals surface area contributed by atoms with Crippen molar-refractivity contribution in [3.63, 3.8) is 0 Å². The van der Waals surface area contributed by atoms with Gasteiger partial charge < -0.3 is 5.32 Å². The van der Waals surface area contributed by atoms with Gasteiger partial charge in [0.2, 0.25) is 0 Å². The summed E-state index contributed by atoms with van der Waals surface area (Å²) in [6.45, 7) is 12.5. The number of rotatable bonds is 8. The molecule has 0 amide bonds. The van der Waals surface area contributed by atoms with Crippen molar-refractivity contribution in [2.75, 3.05) is 12.3 Å². The van der Waals surface area contributed by atoms with E-state index < -0.39 is 0 Å². The second-order valence-corrected chi connectivity index (χ2v) is 6.13. The van der Waals surface area contributed by atoms with Crippen LogP contribution < -0.4 is 5.32 Å². The molecule has 0 aromatic carbocycles. The van der Waals surface area contributed by atoms with Crippen molar-refractivity contribution in [2.24, 2.45) is 5.92 Å². The Morgan fingerprint density at radius 1 is 1.14 bits per heavy atom. The van der Waals surface area contributed by atoms with E-state index in [-0.39, 0.29) is 0 Å². The summed E-state index contributed by atoms with van der Waals surface area (Å²) in [6.07, 6.45) is 2.57. The molecule has 86 valence electrons. The molecule has 0 saturated carbocycles. The van der Waals surface area contributed by atoms with E-state index in [4.69, 9.17) is 0 Å². The maximum atomic E-state index is 3.55. The minimum Gasteiger partial charge on any atom is -0.313 e. The molecule has 1 N–H and O–H groups in total. The third-order valence-electron chi connectivity index (χ3n) is 2.46. The monoisotopic (exact) mass is 217 g/mol. The molecule has 0 aromatic rings. The van der Waals surface area contributed by atoms with Crippen molar-refractivity contribution >= 4 is 11.8 Å². The lowest BCUT2D eigenvalue weighted by Crippen LogP contribution is -2.30. The highest BCUT2D eigenvalue weighted by atomic mass is 32.2. The molecule has 2 atom stereocenters. The van der Waals surface area contributed by atoms with Crippen LogP contribution in [0.15, 0.2) is 0 Å². The normalized spacial score (nSPS) is 15.9. The van der Waals surface area contributed by atoms with E-state index in [1.807, 2.05) is 0 Å². The molecular weight excluding hydrogens is 190 g/mol. The zero-order chi connectivity index (χ0) is 11.0. The molecular formula is C12H27NS. The van der Waals surface area contributed by atoms with E-state index >= 15 is 0 Å². The van der Waals surface area contributed by atoms with Gasteiger partial charge in [-0.1, -0.05) is 27.7 Å². The molecule has 1 nitrogen and oxygen atoms in total. The molecule has 0 aliphatic carbocycles. The lowest BCUT2D eigenvalue weighted by molar-refractivity contribution is 0.536. The van der Waals surface area contributed by atoms with Gasteiger partial charge in [0.05, 0.1) is 0 Å². The largest absolute Gasteiger partial charge is 0.313 e. The Labute approximate surface area is 94.4 Å². The fourth-order valence-electron chi connectivity index (χ4n) is 1.08. The summed E-state index contributed by atoms with van der Waals surface area (Å²) in [5.74, 6) is 2.15. The van der Waals surface area contributed by atoms with Crippen LogP contribution in [0.5, 0.6) is 0 Å². The van der Waals surface area contributed by atoms with E-state index in [1.165, 1.54) is 18.6 Å². The van der Waals surface area contributed by atoms with Crippen LogP contribution in [0.25, 0.3) is 0 Å². The Morgan fingerprint density at radius 3 is 2.29 bits per heavy atom. The second kappa shape index (κ2) is 8.60. The van der Waals surface area contributed by atoms with Crippen molar-refractivity contribution < 1.29 is 0 Å². The summed E-state index contributed by atoms with van der Waals surface area (Å²) in [4.78, 5) is 0. The molecule has 0 rings (SSSR count). The molecule has 0 bridgehead atoms. The Balaban J connectivity index is 3.32. The molecule has 0 aliphatic rings. The van der Waals surface area contributed by atoms with Crippen molar-refractivity contribution in [1.29, 1.82) is 0 Å². The van der Waals surface area contributed by atoms with Crippen molar-refractivity contribution in [1.82, 2.24) is 5.32 Å². The van der Waals surface area contributed by atoms with Gasteiger partial charge in [-0.2, -0.15) is 11.8 Å². The Morgan fingerprint density at radius 2 is 1.79 bits per heavy atom. The summed E-state index contributed by atoms with van der Waals surface area (Å²) < 4.78 is 0. The van der Waals surface area contributed by atoms with Gasteiger partial charge in [0, 0.05) is 17.8 Å². The molecule has 0 radical (unpaired) electrons. The highest BCUT2D eigenvalue weighted by Gasteiger charge is 2.04. The topological polar surface area (TPSA) is 12.0 Å². The summed E-state index contributed by atoms with van der Waals surface area (Å²) in [5.41, 5.74) is 0. The lowest BCUT2D eigenvalue weighted by Gasteiger charge is -2.16. The van der Waals surface area contributed by atoms with Crippen LogP contribution in [0.1, 0.15) is 47.5 Å². The van der Waals surface area contributed by atoms with E-state index in [0.717, 1.165) is 17.7 Å². The Bertz CT molecular complexity index is 125. The average molecular weight is 217 g/mol. The Hall–Kier alpha value is 0.310. The minimum absolute atomic E-state index is 0.670. The van der Waals surface area contributed by atoms with Crippen LogP contribution in [0.3, 0.4) is 0 Å². The first kappa shape index (κ1) is 14.3. The van der Waals surface area contributed by atoms with Gasteiger partial charge >= 0.3 is 0 Å². The summed E-state index contributed by atoms with van der Waals surface area (Å²) in [6, 6.07) is 0.670. The molecule has 0 spiro atoms. The van der Waals surface area contributed by atoms with Crippen molar-refractivity contribution in [3.05, 3.63) is 0 Å². The molecule has 2 heteroatoms. The first-order valence-corrected chi connectivity index (χ1v) is 6.96. The SMILES string of the molecule is CCC(C)NCC(C)SCCC(C)C. The quantitative estimate of drug-likeness (QED) is 0.667. The molecule has 0 aliphatic heterocycles. The van der Waals surface area contributed by atoms with Gasteiger partial charge in [-0.15, -0.1) is 0 Å². The Kier molecular flexibility index (Phi) is 8.80. The maximum Gasteiger partial charge on any atom is 0.0144 e. The predicted octanol–water partition coefficient (Wildman–Crippen LogP) is 3.54. The van der Waals surface area contributed by atoms with Crippen LogP contribution in [0.4, 0.5) is 0 Å². The van der Waals surface area contributed by atoms with Crippen LogP contribution in [0.2, 0.25) is 0 Å². The lowest BCUT2D eigenvalue weighted by atomic mass is 10.2. The molecule has 0 saturated heterocycles. The maximum absolute atomic E-state index is 3.55. The van der Waals surface area contributed by atoms with Gasteiger partial charge in [-0.05, 0) is 31.4 Å². The highest BCUT2D eigenvalue weighted by Crippen LogP contribution is 2.14. The van der Waals surface area contributed by atoms with E-state index in [2.05, 4.69) is 51.7 Å². The molecule has 14 heavy (non-hydrogen) atoms. The number of thioether (sulfide) groups is 1.